The Morgan fingerprint density at radius 1 is 1.33 bits per heavy atom. The first-order valence-corrected chi connectivity index (χ1v) is 6.89. The monoisotopic (exact) mass is 296 g/mol. The van der Waals surface area contributed by atoms with Gasteiger partial charge in [0.25, 0.3) is 0 Å². The summed E-state index contributed by atoms with van der Waals surface area (Å²) in [7, 11) is 1.34. The number of halogens is 1. The molecule has 0 fully saturated rings. The molecule has 0 atom stereocenters. The van der Waals surface area contributed by atoms with Crippen LogP contribution in [0.25, 0.3) is 0 Å². The minimum Gasteiger partial charge on any atom is -0.468 e. The molecule has 21 heavy (non-hydrogen) atoms. The van der Waals surface area contributed by atoms with Gasteiger partial charge in [0.1, 0.15) is 5.82 Å². The van der Waals surface area contributed by atoms with Gasteiger partial charge >= 0.3 is 5.97 Å². The Bertz CT molecular complexity index is 480. The van der Waals surface area contributed by atoms with E-state index in [0.29, 0.717) is 18.8 Å². The van der Waals surface area contributed by atoms with Crippen molar-refractivity contribution in [3.63, 3.8) is 0 Å². The van der Waals surface area contributed by atoms with Crippen LogP contribution in [0, 0.1) is 5.82 Å². The zero-order valence-corrected chi connectivity index (χ0v) is 12.4. The van der Waals surface area contributed by atoms with E-state index in [9.17, 15) is 14.0 Å². The van der Waals surface area contributed by atoms with Gasteiger partial charge in [0.2, 0.25) is 5.91 Å². The second kappa shape index (κ2) is 9.07. The van der Waals surface area contributed by atoms with Gasteiger partial charge in [-0.1, -0.05) is 13.0 Å². The van der Waals surface area contributed by atoms with Crippen LogP contribution in [0.2, 0.25) is 0 Å². The molecule has 0 aliphatic rings. The number of anilines is 1. The van der Waals surface area contributed by atoms with E-state index < -0.39 is 5.82 Å². The summed E-state index contributed by atoms with van der Waals surface area (Å²) in [6.07, 6.45) is 1.11. The highest BCUT2D eigenvalue weighted by Gasteiger charge is 2.12. The maximum atomic E-state index is 13.0. The van der Waals surface area contributed by atoms with Crippen LogP contribution in [0.15, 0.2) is 24.3 Å². The minimum absolute atomic E-state index is 0.164. The van der Waals surface area contributed by atoms with E-state index in [4.69, 9.17) is 0 Å². The van der Waals surface area contributed by atoms with Crippen molar-refractivity contribution < 1.29 is 18.7 Å². The van der Waals surface area contributed by atoms with E-state index in [2.05, 4.69) is 10.1 Å². The van der Waals surface area contributed by atoms with Gasteiger partial charge in [-0.3, -0.25) is 14.5 Å². The third kappa shape index (κ3) is 6.85. The molecule has 1 rings (SSSR count). The number of ether oxygens (including phenoxy) is 1. The summed E-state index contributed by atoms with van der Waals surface area (Å²) in [6, 6.07) is 5.73. The topological polar surface area (TPSA) is 58.6 Å². The lowest BCUT2D eigenvalue weighted by molar-refractivity contribution is -0.142. The van der Waals surface area contributed by atoms with Crippen LogP contribution in [-0.2, 0) is 14.3 Å². The van der Waals surface area contributed by atoms with Crippen molar-refractivity contribution in [2.75, 3.05) is 32.1 Å². The lowest BCUT2D eigenvalue weighted by Crippen LogP contribution is -2.34. The van der Waals surface area contributed by atoms with Crippen molar-refractivity contribution in [2.45, 2.75) is 19.8 Å². The number of hydrogen-bond donors (Lipinski definition) is 1. The average molecular weight is 296 g/mol. The van der Waals surface area contributed by atoms with E-state index in [1.54, 1.807) is 6.07 Å². The fraction of sp³-hybridized carbons (Fsp3) is 0.467. The molecule has 0 radical (unpaired) electrons. The molecule has 1 aromatic carbocycles. The Morgan fingerprint density at radius 3 is 2.71 bits per heavy atom. The molecule has 1 aromatic rings. The number of hydrogen-bond acceptors (Lipinski definition) is 4. The predicted molar refractivity (Wildman–Crippen MR) is 78.4 cm³/mol. The summed E-state index contributed by atoms with van der Waals surface area (Å²) in [5, 5.41) is 2.63. The highest BCUT2D eigenvalue weighted by atomic mass is 19.1. The van der Waals surface area contributed by atoms with E-state index in [0.717, 1.165) is 6.42 Å². The number of carbonyl (C=O) groups excluding carboxylic acids is 2. The second-order valence-corrected chi connectivity index (χ2v) is 4.66. The molecule has 0 saturated heterocycles. The molecule has 0 aliphatic heterocycles. The lowest BCUT2D eigenvalue weighted by atomic mass is 10.3. The SMILES string of the molecule is CCCN(CCC(=O)Nc1cccc(F)c1)CC(=O)OC. The minimum atomic E-state index is -0.397. The molecule has 0 aliphatic carbocycles. The summed E-state index contributed by atoms with van der Waals surface area (Å²) in [5.41, 5.74) is 0.426. The van der Waals surface area contributed by atoms with E-state index in [-0.39, 0.29) is 24.8 Å². The van der Waals surface area contributed by atoms with Gasteiger partial charge in [0.05, 0.1) is 13.7 Å². The van der Waals surface area contributed by atoms with Gasteiger partial charge in [-0.25, -0.2) is 4.39 Å². The van der Waals surface area contributed by atoms with Gasteiger partial charge < -0.3 is 10.1 Å². The number of benzene rings is 1. The Labute approximate surface area is 124 Å². The Morgan fingerprint density at radius 2 is 2.10 bits per heavy atom. The van der Waals surface area contributed by atoms with Crippen LogP contribution in [0.3, 0.4) is 0 Å². The van der Waals surface area contributed by atoms with Crippen molar-refractivity contribution >= 4 is 17.6 Å². The summed E-state index contributed by atoms with van der Waals surface area (Å²) >= 11 is 0. The summed E-state index contributed by atoms with van der Waals surface area (Å²) in [6.45, 7) is 3.32. The fourth-order valence-electron chi connectivity index (χ4n) is 1.88. The van der Waals surface area contributed by atoms with Crippen molar-refractivity contribution in [3.8, 4) is 0 Å². The van der Waals surface area contributed by atoms with E-state index in [1.807, 2.05) is 11.8 Å². The normalized spacial score (nSPS) is 10.5. The number of methoxy groups -OCH3 is 1. The Hall–Kier alpha value is -1.95. The van der Waals surface area contributed by atoms with Gasteiger partial charge in [0, 0.05) is 18.7 Å². The molecule has 1 N–H and O–H groups in total. The molecular weight excluding hydrogens is 275 g/mol. The van der Waals surface area contributed by atoms with Crippen LogP contribution in [-0.4, -0.2) is 43.5 Å². The number of amides is 1. The molecule has 0 aromatic heterocycles. The molecule has 116 valence electrons. The highest BCUT2D eigenvalue weighted by molar-refractivity contribution is 5.90. The van der Waals surface area contributed by atoms with Crippen molar-refractivity contribution in [1.82, 2.24) is 4.90 Å². The largest absolute Gasteiger partial charge is 0.468 e. The summed E-state index contributed by atoms with van der Waals surface area (Å²) in [5.74, 6) is -0.938. The van der Waals surface area contributed by atoms with Gasteiger partial charge in [-0.05, 0) is 31.2 Å². The first-order valence-electron chi connectivity index (χ1n) is 6.89. The quantitative estimate of drug-likeness (QED) is 0.746. The number of nitrogens with zero attached hydrogens (tertiary/aromatic N) is 1. The van der Waals surface area contributed by atoms with Crippen LogP contribution < -0.4 is 5.32 Å². The van der Waals surface area contributed by atoms with Gasteiger partial charge in [0.15, 0.2) is 0 Å². The lowest BCUT2D eigenvalue weighted by Gasteiger charge is -2.19. The van der Waals surface area contributed by atoms with E-state index >= 15 is 0 Å². The smallest absolute Gasteiger partial charge is 0.319 e. The molecular formula is C15H21FN2O3. The number of carbonyl (C=O) groups is 2. The molecule has 6 heteroatoms. The number of rotatable bonds is 8. The first kappa shape index (κ1) is 17.1. The van der Waals surface area contributed by atoms with Gasteiger partial charge in [-0.2, -0.15) is 0 Å². The highest BCUT2D eigenvalue weighted by Crippen LogP contribution is 2.09. The molecule has 1 amide bonds. The third-order valence-corrected chi connectivity index (χ3v) is 2.88. The maximum Gasteiger partial charge on any atom is 0.319 e. The van der Waals surface area contributed by atoms with Crippen molar-refractivity contribution in [1.29, 1.82) is 0 Å². The number of esters is 1. The number of nitrogens with one attached hydrogen (secondary N) is 1. The van der Waals surface area contributed by atoms with Crippen LogP contribution in [0.4, 0.5) is 10.1 Å². The third-order valence-electron chi connectivity index (χ3n) is 2.88. The molecule has 0 spiro atoms. The van der Waals surface area contributed by atoms with E-state index in [1.165, 1.54) is 25.3 Å². The van der Waals surface area contributed by atoms with Crippen molar-refractivity contribution in [2.24, 2.45) is 0 Å². The van der Waals surface area contributed by atoms with Crippen LogP contribution in [0.5, 0.6) is 0 Å². The summed E-state index contributed by atoms with van der Waals surface area (Å²) < 4.78 is 17.6. The van der Waals surface area contributed by atoms with Crippen LogP contribution in [0.1, 0.15) is 19.8 Å². The standard InChI is InChI=1S/C15H21FN2O3/c1-3-8-18(11-15(20)21-2)9-7-14(19)17-13-6-4-5-12(16)10-13/h4-6,10H,3,7-9,11H2,1-2H3,(H,17,19). The first-order chi connectivity index (χ1) is 10.0. The molecule has 0 saturated carbocycles. The average Bonchev–Trinajstić information content (AvgIpc) is 2.45. The predicted octanol–water partition coefficient (Wildman–Crippen LogP) is 2.04. The fourth-order valence-corrected chi connectivity index (χ4v) is 1.88. The van der Waals surface area contributed by atoms with Crippen LogP contribution >= 0.6 is 0 Å². The molecule has 5 nitrogen and oxygen atoms in total. The summed E-state index contributed by atoms with van der Waals surface area (Å²) in [4.78, 5) is 24.9. The van der Waals surface area contributed by atoms with Crippen molar-refractivity contribution in [3.05, 3.63) is 30.1 Å². The molecule has 0 bridgehead atoms. The Kier molecular flexibility index (Phi) is 7.39. The molecule has 0 unspecified atom stereocenters. The zero-order valence-electron chi connectivity index (χ0n) is 12.4. The maximum absolute atomic E-state index is 13.0. The zero-order chi connectivity index (χ0) is 15.7. The molecule has 0 heterocycles. The second-order valence-electron chi connectivity index (χ2n) is 4.66. The Balaban J connectivity index is 2.43. The van der Waals surface area contributed by atoms with Gasteiger partial charge in [-0.15, -0.1) is 0 Å².